The first kappa shape index (κ1) is 17.8. The van der Waals surface area contributed by atoms with E-state index in [0.29, 0.717) is 29.5 Å². The van der Waals surface area contributed by atoms with Gasteiger partial charge in [0, 0.05) is 27.5 Å². The average Bonchev–Trinajstić information content (AvgIpc) is 2.51. The molecule has 0 saturated heterocycles. The molecule has 0 aromatic heterocycles. The second-order valence-corrected chi connectivity index (χ2v) is 8.40. The molecule has 1 saturated carbocycles. The van der Waals surface area contributed by atoms with Crippen LogP contribution in [-0.4, -0.2) is 32.3 Å². The largest absolute Gasteiger partial charge is 0.504 e. The van der Waals surface area contributed by atoms with E-state index in [1.807, 2.05) is 20.8 Å². The quantitative estimate of drug-likeness (QED) is 0.582. The van der Waals surface area contributed by atoms with Crippen molar-refractivity contribution in [3.05, 3.63) is 34.1 Å². The summed E-state index contributed by atoms with van der Waals surface area (Å²) in [5.74, 6) is -1.52. The van der Waals surface area contributed by atoms with E-state index < -0.39 is 22.7 Å². The van der Waals surface area contributed by atoms with Crippen LogP contribution in [0, 0.1) is 5.41 Å². The van der Waals surface area contributed by atoms with Crippen LogP contribution in [0.15, 0.2) is 17.4 Å². The summed E-state index contributed by atoms with van der Waals surface area (Å²) in [5.41, 5.74) is -0.152. The van der Waals surface area contributed by atoms with E-state index in [0.717, 1.165) is 0 Å². The van der Waals surface area contributed by atoms with Crippen LogP contribution in [-0.2, 0) is 5.41 Å². The minimum atomic E-state index is -0.826. The maximum atomic E-state index is 12.9. The lowest BCUT2D eigenvalue weighted by Gasteiger charge is -2.51. The molecule has 25 heavy (non-hydrogen) atoms. The third-order valence-electron chi connectivity index (χ3n) is 6.12. The van der Waals surface area contributed by atoms with Gasteiger partial charge in [-0.05, 0) is 30.4 Å². The fourth-order valence-corrected chi connectivity index (χ4v) is 4.70. The summed E-state index contributed by atoms with van der Waals surface area (Å²) in [5, 5.41) is 42.3. The van der Waals surface area contributed by atoms with Crippen LogP contribution in [0.5, 0.6) is 11.5 Å². The first-order valence-corrected chi connectivity index (χ1v) is 8.70. The van der Waals surface area contributed by atoms with Gasteiger partial charge in [-0.1, -0.05) is 34.6 Å². The molecular formula is C20H26O5. The van der Waals surface area contributed by atoms with Crippen molar-refractivity contribution in [2.24, 2.45) is 5.41 Å². The molecule has 5 heteroatoms. The van der Waals surface area contributed by atoms with Crippen molar-refractivity contribution >= 4 is 5.78 Å². The van der Waals surface area contributed by atoms with Crippen LogP contribution >= 0.6 is 0 Å². The molecule has 1 aromatic rings. The van der Waals surface area contributed by atoms with Gasteiger partial charge < -0.3 is 20.4 Å². The number of rotatable bonds is 1. The second kappa shape index (κ2) is 5.24. The van der Waals surface area contributed by atoms with Crippen molar-refractivity contribution in [3.8, 4) is 11.5 Å². The Labute approximate surface area is 147 Å². The van der Waals surface area contributed by atoms with Crippen LogP contribution < -0.4 is 0 Å². The van der Waals surface area contributed by atoms with Crippen molar-refractivity contribution in [1.29, 1.82) is 0 Å². The van der Waals surface area contributed by atoms with Gasteiger partial charge in [-0.25, -0.2) is 0 Å². The number of aliphatic hydroxyl groups is 2. The van der Waals surface area contributed by atoms with Crippen LogP contribution in [0.2, 0.25) is 0 Å². The van der Waals surface area contributed by atoms with Crippen LogP contribution in [0.4, 0.5) is 0 Å². The molecule has 0 heterocycles. The van der Waals surface area contributed by atoms with E-state index in [2.05, 4.69) is 0 Å². The first-order chi connectivity index (χ1) is 11.4. The average molecular weight is 346 g/mol. The van der Waals surface area contributed by atoms with Crippen molar-refractivity contribution in [2.75, 3.05) is 0 Å². The highest BCUT2D eigenvalue weighted by atomic mass is 16.3. The van der Waals surface area contributed by atoms with Crippen LogP contribution in [0.1, 0.15) is 74.9 Å². The van der Waals surface area contributed by atoms with Gasteiger partial charge in [-0.2, -0.15) is 0 Å². The number of phenolic OH excluding ortho intramolecular Hbond substituents is 2. The molecule has 0 amide bonds. The Morgan fingerprint density at radius 1 is 1.12 bits per heavy atom. The number of hydrogen-bond donors (Lipinski definition) is 4. The number of phenols is 2. The number of aliphatic hydroxyl groups excluding tert-OH is 2. The number of benzene rings is 1. The van der Waals surface area contributed by atoms with Crippen LogP contribution in [0.25, 0.3) is 0 Å². The maximum absolute atomic E-state index is 12.9. The minimum absolute atomic E-state index is 0.0889. The summed E-state index contributed by atoms with van der Waals surface area (Å²) >= 11 is 0. The Morgan fingerprint density at radius 3 is 2.28 bits per heavy atom. The Balaban J connectivity index is 2.39. The minimum Gasteiger partial charge on any atom is -0.504 e. The van der Waals surface area contributed by atoms with Crippen molar-refractivity contribution in [1.82, 2.24) is 0 Å². The van der Waals surface area contributed by atoms with Gasteiger partial charge in [0.2, 0.25) is 5.78 Å². The molecule has 0 unspecified atom stereocenters. The van der Waals surface area contributed by atoms with E-state index in [1.54, 1.807) is 19.9 Å². The highest BCUT2D eigenvalue weighted by Crippen LogP contribution is 2.59. The van der Waals surface area contributed by atoms with E-state index >= 15 is 0 Å². The zero-order valence-electron chi connectivity index (χ0n) is 15.3. The fraction of sp³-hybridized carbons (Fsp3) is 0.550. The molecule has 2 aliphatic carbocycles. The molecule has 3 rings (SSSR count). The summed E-state index contributed by atoms with van der Waals surface area (Å²) < 4.78 is 0. The van der Waals surface area contributed by atoms with Crippen molar-refractivity contribution in [2.45, 2.75) is 64.9 Å². The summed E-state index contributed by atoms with van der Waals surface area (Å²) in [4.78, 5) is 12.9. The summed E-state index contributed by atoms with van der Waals surface area (Å²) in [6.07, 6.45) is 0.239. The third kappa shape index (κ3) is 2.15. The number of carbonyl (C=O) groups is 1. The first-order valence-electron chi connectivity index (χ1n) is 8.70. The summed E-state index contributed by atoms with van der Waals surface area (Å²) in [6, 6.07) is 1.58. The molecule has 5 nitrogen and oxygen atoms in total. The van der Waals surface area contributed by atoms with Gasteiger partial charge in [0.15, 0.2) is 17.3 Å². The number of ketones is 1. The summed E-state index contributed by atoms with van der Waals surface area (Å²) in [7, 11) is 0. The van der Waals surface area contributed by atoms with Crippen LogP contribution in [0.3, 0.4) is 0 Å². The van der Waals surface area contributed by atoms with Crippen molar-refractivity contribution < 1.29 is 25.2 Å². The number of hydrogen-bond acceptors (Lipinski definition) is 5. The summed E-state index contributed by atoms with van der Waals surface area (Å²) in [6.45, 7) is 9.15. The third-order valence-corrected chi connectivity index (χ3v) is 6.12. The number of Topliss-reactive ketones (excluding diaryl/α,β-unsaturated/α-hetero) is 1. The van der Waals surface area contributed by atoms with E-state index in [1.165, 1.54) is 0 Å². The molecule has 0 spiro atoms. The van der Waals surface area contributed by atoms with Crippen molar-refractivity contribution in [3.63, 3.8) is 0 Å². The Kier molecular flexibility index (Phi) is 3.73. The molecule has 136 valence electrons. The molecular weight excluding hydrogens is 320 g/mol. The zero-order valence-corrected chi connectivity index (χ0v) is 15.3. The topological polar surface area (TPSA) is 98.0 Å². The normalized spacial score (nSPS) is 28.1. The van der Waals surface area contributed by atoms with Gasteiger partial charge in [0.25, 0.3) is 0 Å². The van der Waals surface area contributed by atoms with Gasteiger partial charge in [0.05, 0.1) is 6.10 Å². The SMILES string of the molecule is CC(C)c1cc2c(c(O)c1O)[C@@]1(C)CC[C@H](O)C(C)(C)C1=C(O)C2=O. The molecule has 4 N–H and O–H groups in total. The fourth-order valence-electron chi connectivity index (χ4n) is 4.70. The predicted octanol–water partition coefficient (Wildman–Crippen LogP) is 3.67. The second-order valence-electron chi connectivity index (χ2n) is 8.40. The zero-order chi connectivity index (χ0) is 18.9. The number of aromatic hydroxyl groups is 2. The Bertz CT molecular complexity index is 803. The Hall–Kier alpha value is -2.01. The lowest BCUT2D eigenvalue weighted by Crippen LogP contribution is -2.49. The van der Waals surface area contributed by atoms with E-state index in [9.17, 15) is 25.2 Å². The molecule has 2 atom stereocenters. The van der Waals surface area contributed by atoms with Gasteiger partial charge in [-0.3, -0.25) is 4.79 Å². The number of carbonyl (C=O) groups excluding carboxylic acids is 1. The molecule has 0 aliphatic heterocycles. The lowest BCUT2D eigenvalue weighted by molar-refractivity contribution is 0.0232. The molecule has 1 fully saturated rings. The highest BCUT2D eigenvalue weighted by Gasteiger charge is 2.55. The van der Waals surface area contributed by atoms with Gasteiger partial charge in [-0.15, -0.1) is 0 Å². The number of fused-ring (bicyclic) bond motifs is 3. The molecule has 0 radical (unpaired) electrons. The monoisotopic (exact) mass is 346 g/mol. The molecule has 0 bridgehead atoms. The molecule has 2 aliphatic rings. The van der Waals surface area contributed by atoms with E-state index in [4.69, 9.17) is 0 Å². The highest BCUT2D eigenvalue weighted by molar-refractivity contribution is 6.11. The standard InChI is InChI=1S/C20H26O5/c1-9(2)10-8-11-13(16(24)14(10)22)20(5)7-6-12(21)19(3,4)18(20)17(25)15(11)23/h8-9,12,21-22,24-25H,6-7H2,1-5H3/t12-,20+/m0/s1. The predicted molar refractivity (Wildman–Crippen MR) is 94.2 cm³/mol. The lowest BCUT2D eigenvalue weighted by atomic mass is 9.53. The number of allylic oxidation sites excluding steroid dienone is 1. The Morgan fingerprint density at radius 2 is 1.72 bits per heavy atom. The van der Waals surface area contributed by atoms with Gasteiger partial charge >= 0.3 is 0 Å². The smallest absolute Gasteiger partial charge is 0.227 e. The molecule has 1 aromatic carbocycles. The van der Waals surface area contributed by atoms with Gasteiger partial charge in [0.1, 0.15) is 0 Å². The maximum Gasteiger partial charge on any atom is 0.227 e. The van der Waals surface area contributed by atoms with E-state index in [-0.39, 0.29) is 28.7 Å².